The van der Waals surface area contributed by atoms with Crippen molar-refractivity contribution in [3.8, 4) is 0 Å². The smallest absolute Gasteiger partial charge is 0.242 e. The lowest BCUT2D eigenvalue weighted by Crippen LogP contribution is -2.39. The zero-order chi connectivity index (χ0) is 11.7. The summed E-state index contributed by atoms with van der Waals surface area (Å²) in [5.74, 6) is 1.43. The van der Waals surface area contributed by atoms with E-state index in [9.17, 15) is 4.79 Å². The number of aromatic amines is 1. The van der Waals surface area contributed by atoms with Crippen molar-refractivity contribution in [2.24, 2.45) is 5.92 Å². The summed E-state index contributed by atoms with van der Waals surface area (Å²) >= 11 is 0. The molecule has 1 aliphatic heterocycles. The second-order valence-corrected chi connectivity index (χ2v) is 5.07. The summed E-state index contributed by atoms with van der Waals surface area (Å²) in [6.45, 7) is 0. The van der Waals surface area contributed by atoms with Crippen LogP contribution in [0.2, 0.25) is 0 Å². The predicted octanol–water partition coefficient (Wildman–Crippen LogP) is 1.27. The van der Waals surface area contributed by atoms with Crippen molar-refractivity contribution >= 4 is 11.7 Å². The van der Waals surface area contributed by atoms with Gasteiger partial charge < -0.3 is 10.6 Å². The summed E-state index contributed by atoms with van der Waals surface area (Å²) in [7, 11) is 0. The molecule has 0 spiro atoms. The zero-order valence-corrected chi connectivity index (χ0v) is 9.78. The van der Waals surface area contributed by atoms with Gasteiger partial charge in [-0.1, -0.05) is 12.8 Å². The Bertz CT molecular complexity index is 375. The molecular weight excluding hydrogens is 216 g/mol. The number of anilines is 1. The van der Waals surface area contributed by atoms with Crippen LogP contribution in [0.1, 0.15) is 32.1 Å². The Morgan fingerprint density at radius 2 is 2.29 bits per heavy atom. The number of nitrogens with zero attached hydrogens (tertiary/aromatic N) is 1. The average Bonchev–Trinajstić information content (AvgIpc) is 2.96. The fourth-order valence-electron chi connectivity index (χ4n) is 3.07. The quantitative estimate of drug-likeness (QED) is 0.721. The molecule has 0 radical (unpaired) electrons. The van der Waals surface area contributed by atoms with Gasteiger partial charge in [0.2, 0.25) is 5.91 Å². The van der Waals surface area contributed by atoms with E-state index in [0.717, 1.165) is 6.42 Å². The van der Waals surface area contributed by atoms with Crippen molar-refractivity contribution < 1.29 is 4.79 Å². The molecule has 17 heavy (non-hydrogen) atoms. The van der Waals surface area contributed by atoms with E-state index in [0.29, 0.717) is 17.8 Å². The Hall–Kier alpha value is -1.36. The number of nitrogens with one attached hydrogen (secondary N) is 3. The van der Waals surface area contributed by atoms with E-state index in [1.54, 1.807) is 12.3 Å². The molecule has 3 atom stereocenters. The number of hydrogen-bond acceptors (Lipinski definition) is 3. The van der Waals surface area contributed by atoms with Crippen molar-refractivity contribution in [3.05, 3.63) is 12.3 Å². The number of amides is 1. The normalized spacial score (nSPS) is 32.1. The van der Waals surface area contributed by atoms with Gasteiger partial charge in [0.1, 0.15) is 5.82 Å². The zero-order valence-electron chi connectivity index (χ0n) is 9.78. The van der Waals surface area contributed by atoms with Crippen LogP contribution in [0, 0.1) is 5.92 Å². The number of hydrogen-bond donors (Lipinski definition) is 3. The summed E-state index contributed by atoms with van der Waals surface area (Å²) in [6.07, 6.45) is 7.72. The van der Waals surface area contributed by atoms with Crippen molar-refractivity contribution in [3.63, 3.8) is 0 Å². The minimum Gasteiger partial charge on any atom is -0.310 e. The average molecular weight is 234 g/mol. The molecular formula is C12H18N4O. The molecule has 2 fully saturated rings. The second kappa shape index (κ2) is 4.49. The van der Waals surface area contributed by atoms with Gasteiger partial charge in [-0.2, -0.15) is 5.10 Å². The Labute approximate surface area is 100 Å². The number of rotatable bonds is 2. The highest BCUT2D eigenvalue weighted by Crippen LogP contribution is 2.33. The number of carbonyl (C=O) groups excluding carboxylic acids is 1. The van der Waals surface area contributed by atoms with E-state index >= 15 is 0 Å². The van der Waals surface area contributed by atoms with Gasteiger partial charge in [-0.3, -0.25) is 9.89 Å². The van der Waals surface area contributed by atoms with Crippen LogP contribution in [0.25, 0.3) is 0 Å². The third kappa shape index (κ3) is 2.20. The van der Waals surface area contributed by atoms with E-state index in [2.05, 4.69) is 20.8 Å². The lowest BCUT2D eigenvalue weighted by atomic mass is 9.85. The highest BCUT2D eigenvalue weighted by Gasteiger charge is 2.38. The number of aromatic nitrogens is 2. The van der Waals surface area contributed by atoms with E-state index in [1.165, 1.54) is 25.7 Å². The predicted molar refractivity (Wildman–Crippen MR) is 64.5 cm³/mol. The summed E-state index contributed by atoms with van der Waals surface area (Å²) in [5.41, 5.74) is 0. The van der Waals surface area contributed by atoms with Crippen LogP contribution in [0.5, 0.6) is 0 Å². The highest BCUT2D eigenvalue weighted by atomic mass is 16.2. The lowest BCUT2D eigenvalue weighted by molar-refractivity contribution is -0.117. The largest absolute Gasteiger partial charge is 0.310 e. The second-order valence-electron chi connectivity index (χ2n) is 5.07. The maximum Gasteiger partial charge on any atom is 0.242 e. The molecule has 5 nitrogen and oxygen atoms in total. The molecule has 1 saturated carbocycles. The SMILES string of the molecule is O=C(Nc1ccn[nH]1)C1CC2CCCCC2N1. The first-order valence-corrected chi connectivity index (χ1v) is 6.39. The van der Waals surface area contributed by atoms with E-state index in [4.69, 9.17) is 0 Å². The van der Waals surface area contributed by atoms with Crippen LogP contribution in [-0.2, 0) is 4.79 Å². The van der Waals surface area contributed by atoms with Crippen LogP contribution in [0.4, 0.5) is 5.82 Å². The molecule has 3 rings (SSSR count). The van der Waals surface area contributed by atoms with Gasteiger partial charge in [0.05, 0.1) is 12.2 Å². The minimum absolute atomic E-state index is 0.0357. The van der Waals surface area contributed by atoms with Crippen LogP contribution in [0.3, 0.4) is 0 Å². The van der Waals surface area contributed by atoms with E-state index in [1.807, 2.05) is 0 Å². The number of fused-ring (bicyclic) bond motifs is 1. The lowest BCUT2D eigenvalue weighted by Gasteiger charge is -2.24. The third-order valence-corrected chi connectivity index (χ3v) is 3.94. The molecule has 1 saturated heterocycles. The molecule has 1 amide bonds. The first-order valence-electron chi connectivity index (χ1n) is 6.39. The maximum atomic E-state index is 12.0. The highest BCUT2D eigenvalue weighted by molar-refractivity contribution is 5.94. The van der Waals surface area contributed by atoms with Crippen molar-refractivity contribution in [1.29, 1.82) is 0 Å². The molecule has 2 heterocycles. The minimum atomic E-state index is -0.0357. The Morgan fingerprint density at radius 3 is 3.06 bits per heavy atom. The van der Waals surface area contributed by atoms with Crippen LogP contribution >= 0.6 is 0 Å². The van der Waals surface area contributed by atoms with Gasteiger partial charge in [0, 0.05) is 12.1 Å². The maximum absolute atomic E-state index is 12.0. The van der Waals surface area contributed by atoms with Gasteiger partial charge in [-0.25, -0.2) is 0 Å². The van der Waals surface area contributed by atoms with Gasteiger partial charge >= 0.3 is 0 Å². The van der Waals surface area contributed by atoms with Gasteiger partial charge in [-0.05, 0) is 25.2 Å². The fraction of sp³-hybridized carbons (Fsp3) is 0.667. The van der Waals surface area contributed by atoms with Crippen LogP contribution < -0.4 is 10.6 Å². The fourth-order valence-corrected chi connectivity index (χ4v) is 3.07. The summed E-state index contributed by atoms with van der Waals surface area (Å²) < 4.78 is 0. The van der Waals surface area contributed by atoms with Gasteiger partial charge in [0.15, 0.2) is 0 Å². The molecule has 0 bridgehead atoms. The topological polar surface area (TPSA) is 69.8 Å². The molecule has 92 valence electrons. The monoisotopic (exact) mass is 234 g/mol. The van der Waals surface area contributed by atoms with Gasteiger partial charge in [-0.15, -0.1) is 0 Å². The van der Waals surface area contributed by atoms with Crippen LogP contribution in [0.15, 0.2) is 12.3 Å². The summed E-state index contributed by atoms with van der Waals surface area (Å²) in [6, 6.07) is 2.28. The van der Waals surface area contributed by atoms with Crippen LogP contribution in [-0.4, -0.2) is 28.2 Å². The molecule has 0 aromatic carbocycles. The Balaban J connectivity index is 1.60. The first-order chi connectivity index (χ1) is 8.33. The number of H-pyrrole nitrogens is 1. The summed E-state index contributed by atoms with van der Waals surface area (Å²) in [5, 5.41) is 12.9. The molecule has 1 aliphatic carbocycles. The molecule has 2 aliphatic rings. The Morgan fingerprint density at radius 1 is 1.41 bits per heavy atom. The Kier molecular flexibility index (Phi) is 2.84. The summed E-state index contributed by atoms with van der Waals surface area (Å²) in [4.78, 5) is 12.0. The molecule has 5 heteroatoms. The number of carbonyl (C=O) groups is 1. The molecule has 3 unspecified atom stereocenters. The van der Waals surface area contributed by atoms with Crippen molar-refractivity contribution in [2.75, 3.05) is 5.32 Å². The molecule has 1 aromatic heterocycles. The first kappa shape index (κ1) is 10.8. The van der Waals surface area contributed by atoms with Gasteiger partial charge in [0.25, 0.3) is 0 Å². The standard InChI is InChI=1S/C12H18N4O/c17-12(15-11-5-6-13-16-11)10-7-8-3-1-2-4-9(8)14-10/h5-6,8-10,14H,1-4,7H2,(H2,13,15,16,17). The van der Waals surface area contributed by atoms with E-state index in [-0.39, 0.29) is 11.9 Å². The third-order valence-electron chi connectivity index (χ3n) is 3.94. The molecule has 1 aromatic rings. The van der Waals surface area contributed by atoms with E-state index < -0.39 is 0 Å². The van der Waals surface area contributed by atoms with Crippen molar-refractivity contribution in [1.82, 2.24) is 15.5 Å². The molecule has 3 N–H and O–H groups in total. The van der Waals surface area contributed by atoms with Crippen molar-refractivity contribution in [2.45, 2.75) is 44.2 Å².